The second-order valence-electron chi connectivity index (χ2n) is 13.2. The molecule has 3 amide bonds. The highest BCUT2D eigenvalue weighted by atomic mass is 16.5. The molecule has 0 radical (unpaired) electrons. The molecule has 2 aliphatic heterocycles. The number of ether oxygens (including phenoxy) is 3. The van der Waals surface area contributed by atoms with Crippen molar-refractivity contribution in [1.82, 2.24) is 15.1 Å². The number of rotatable bonds is 13. The van der Waals surface area contributed by atoms with Crippen LogP contribution in [0.2, 0.25) is 0 Å². The van der Waals surface area contributed by atoms with Gasteiger partial charge in [-0.1, -0.05) is 68.4 Å². The number of aliphatic hydroxyl groups is 1. The first-order chi connectivity index (χ1) is 23.6. The van der Waals surface area contributed by atoms with E-state index in [1.165, 1.54) is 0 Å². The fourth-order valence-corrected chi connectivity index (χ4v) is 7.04. The van der Waals surface area contributed by atoms with Gasteiger partial charge in [-0.3, -0.25) is 14.5 Å². The summed E-state index contributed by atoms with van der Waals surface area (Å²) in [4.78, 5) is 42.1. The van der Waals surface area contributed by atoms with Crippen LogP contribution in [-0.2, 0) is 19.9 Å². The Balaban J connectivity index is 1.47. The van der Waals surface area contributed by atoms with Crippen molar-refractivity contribution in [1.29, 1.82) is 0 Å². The number of amides is 3. The van der Waals surface area contributed by atoms with Gasteiger partial charge >= 0.3 is 6.09 Å². The van der Waals surface area contributed by atoms with E-state index in [2.05, 4.69) is 5.32 Å². The van der Waals surface area contributed by atoms with Gasteiger partial charge in [0.05, 0.1) is 33.0 Å². The van der Waals surface area contributed by atoms with E-state index in [0.29, 0.717) is 37.2 Å². The number of hydrogen-bond donors (Lipinski definition) is 3. The Morgan fingerprint density at radius 1 is 0.878 bits per heavy atom. The number of carbonyl (C=O) groups excluding carboxylic acids is 2. The molecule has 11 heteroatoms. The van der Waals surface area contributed by atoms with Crippen molar-refractivity contribution in [2.75, 3.05) is 33.9 Å². The van der Waals surface area contributed by atoms with Crippen molar-refractivity contribution in [3.05, 3.63) is 95.6 Å². The summed E-state index contributed by atoms with van der Waals surface area (Å²) in [6.45, 7) is 4.37. The monoisotopic (exact) mass is 673 g/mol. The molecule has 0 spiro atoms. The summed E-state index contributed by atoms with van der Waals surface area (Å²) < 4.78 is 18.0. The van der Waals surface area contributed by atoms with Gasteiger partial charge in [0, 0.05) is 13.1 Å². The fraction of sp³-hybridized carbons (Fsp3) is 0.447. The molecule has 3 aromatic carbocycles. The quantitative estimate of drug-likeness (QED) is 0.223. The van der Waals surface area contributed by atoms with Gasteiger partial charge in [0.2, 0.25) is 11.8 Å². The molecule has 11 nitrogen and oxygen atoms in total. The molecule has 0 aromatic heterocycles. The van der Waals surface area contributed by atoms with E-state index >= 15 is 0 Å². The molecule has 2 unspecified atom stereocenters. The van der Waals surface area contributed by atoms with Crippen molar-refractivity contribution in [3.63, 3.8) is 0 Å². The molecule has 0 bridgehead atoms. The predicted molar refractivity (Wildman–Crippen MR) is 184 cm³/mol. The highest BCUT2D eigenvalue weighted by molar-refractivity contribution is 5.91. The minimum absolute atomic E-state index is 0.0616. The first-order valence-electron chi connectivity index (χ1n) is 16.8. The minimum atomic E-state index is -1.15. The lowest BCUT2D eigenvalue weighted by Crippen LogP contribution is -2.55. The largest absolute Gasteiger partial charge is 0.497 e. The van der Waals surface area contributed by atoms with E-state index in [4.69, 9.17) is 14.2 Å². The molecule has 5 rings (SSSR count). The Kier molecular flexibility index (Phi) is 11.5. The normalized spacial score (nSPS) is 19.9. The lowest BCUT2D eigenvalue weighted by molar-refractivity contribution is -0.140. The first kappa shape index (κ1) is 35.7. The molecule has 262 valence electrons. The standard InChI is InChI=1S/C38H47N3O8/c1-25(2)21-33(39-35(43)34-11-8-20-40(34)37(45)46)36(44)41-23-30(42)22-29(41)24-49-38(26-9-6-5-7-10-26,27-12-16-31(47-3)17-13-27)28-14-18-32(48-4)19-15-28/h5-7,9-10,12-19,25,29-30,33-34,42H,8,11,20-24H2,1-4H3,(H,39,43)(H,45,46)/t29-,30+,33?,34?/m0/s1. The number of aliphatic hydroxyl groups excluding tert-OH is 1. The number of methoxy groups -OCH3 is 2. The lowest BCUT2D eigenvalue weighted by atomic mass is 9.80. The van der Waals surface area contributed by atoms with Gasteiger partial charge < -0.3 is 34.6 Å². The second kappa shape index (κ2) is 15.7. The van der Waals surface area contributed by atoms with Gasteiger partial charge in [-0.25, -0.2) is 4.79 Å². The van der Waals surface area contributed by atoms with Crippen LogP contribution in [0.3, 0.4) is 0 Å². The Morgan fingerprint density at radius 2 is 1.45 bits per heavy atom. The number of nitrogens with one attached hydrogen (secondary N) is 1. The summed E-state index contributed by atoms with van der Waals surface area (Å²) in [5.74, 6) is 0.642. The zero-order chi connectivity index (χ0) is 35.1. The average Bonchev–Trinajstić information content (AvgIpc) is 3.76. The van der Waals surface area contributed by atoms with Gasteiger partial charge in [0.15, 0.2) is 0 Å². The molecule has 2 fully saturated rings. The van der Waals surface area contributed by atoms with E-state index in [-0.39, 0.29) is 31.5 Å². The van der Waals surface area contributed by atoms with Crippen LogP contribution < -0.4 is 14.8 Å². The minimum Gasteiger partial charge on any atom is -0.497 e. The number of hydrogen-bond acceptors (Lipinski definition) is 7. The maximum absolute atomic E-state index is 14.3. The number of likely N-dealkylation sites (tertiary alicyclic amines) is 2. The summed E-state index contributed by atoms with van der Waals surface area (Å²) in [5, 5.41) is 23.4. The Labute approximate surface area is 287 Å². The van der Waals surface area contributed by atoms with Crippen molar-refractivity contribution < 1.29 is 38.8 Å². The number of carbonyl (C=O) groups is 3. The van der Waals surface area contributed by atoms with Crippen LogP contribution in [0.15, 0.2) is 78.9 Å². The molecule has 3 aromatic rings. The van der Waals surface area contributed by atoms with Crippen molar-refractivity contribution in [3.8, 4) is 11.5 Å². The van der Waals surface area contributed by atoms with Crippen LogP contribution in [0.4, 0.5) is 4.79 Å². The topological polar surface area (TPSA) is 138 Å². The lowest BCUT2D eigenvalue weighted by Gasteiger charge is -2.38. The van der Waals surface area contributed by atoms with Gasteiger partial charge in [-0.2, -0.15) is 0 Å². The van der Waals surface area contributed by atoms with Crippen LogP contribution in [0.25, 0.3) is 0 Å². The molecule has 0 saturated carbocycles. The molecule has 49 heavy (non-hydrogen) atoms. The van der Waals surface area contributed by atoms with Gasteiger partial charge in [0.25, 0.3) is 0 Å². The van der Waals surface area contributed by atoms with Crippen LogP contribution in [0, 0.1) is 5.92 Å². The van der Waals surface area contributed by atoms with Crippen LogP contribution in [0.1, 0.15) is 56.2 Å². The van der Waals surface area contributed by atoms with Crippen LogP contribution in [-0.4, -0.2) is 96.1 Å². The molecule has 2 heterocycles. The maximum Gasteiger partial charge on any atom is 0.407 e. The fourth-order valence-electron chi connectivity index (χ4n) is 7.04. The summed E-state index contributed by atoms with van der Waals surface area (Å²) in [7, 11) is 3.22. The molecule has 2 aliphatic rings. The number of β-amino-alcohol motifs (C(OH)–C–C–N with tert-alkyl or cyclic N) is 1. The number of carboxylic acid groups (broad SMARTS) is 1. The van der Waals surface area contributed by atoms with Crippen molar-refractivity contribution in [2.45, 2.75) is 69.4 Å². The zero-order valence-corrected chi connectivity index (χ0v) is 28.6. The highest BCUT2D eigenvalue weighted by Crippen LogP contribution is 2.42. The van der Waals surface area contributed by atoms with Crippen molar-refractivity contribution >= 4 is 17.9 Å². The van der Waals surface area contributed by atoms with E-state index in [9.17, 15) is 24.6 Å². The second-order valence-corrected chi connectivity index (χ2v) is 13.2. The van der Waals surface area contributed by atoms with E-state index in [1.807, 2.05) is 92.7 Å². The Hall–Kier alpha value is -4.61. The maximum atomic E-state index is 14.3. The van der Waals surface area contributed by atoms with Gasteiger partial charge in [-0.05, 0) is 72.6 Å². The molecular weight excluding hydrogens is 626 g/mol. The first-order valence-corrected chi connectivity index (χ1v) is 16.8. The Bertz CT molecular complexity index is 1520. The van der Waals surface area contributed by atoms with Gasteiger partial charge in [-0.15, -0.1) is 0 Å². The van der Waals surface area contributed by atoms with Crippen LogP contribution >= 0.6 is 0 Å². The third-order valence-electron chi connectivity index (χ3n) is 9.46. The van der Waals surface area contributed by atoms with E-state index in [0.717, 1.165) is 21.6 Å². The smallest absolute Gasteiger partial charge is 0.407 e. The molecule has 0 aliphatic carbocycles. The molecule has 2 saturated heterocycles. The predicted octanol–water partition coefficient (Wildman–Crippen LogP) is 4.65. The molecule has 3 N–H and O–H groups in total. The summed E-state index contributed by atoms with van der Waals surface area (Å²) >= 11 is 0. The van der Waals surface area contributed by atoms with E-state index < -0.39 is 41.8 Å². The third kappa shape index (κ3) is 7.84. The number of benzene rings is 3. The summed E-state index contributed by atoms with van der Waals surface area (Å²) in [6.07, 6.45) is -0.303. The van der Waals surface area contributed by atoms with Crippen LogP contribution in [0.5, 0.6) is 11.5 Å². The molecule has 4 atom stereocenters. The number of nitrogens with zero attached hydrogens (tertiary/aromatic N) is 2. The SMILES string of the molecule is COc1ccc(C(OC[C@@H]2C[C@@H](O)CN2C(=O)C(CC(C)C)NC(=O)C2CCCN2C(=O)O)(c2ccccc2)c2ccc(OC)cc2)cc1. The molecular formula is C38H47N3O8. The third-order valence-corrected chi connectivity index (χ3v) is 9.46. The highest BCUT2D eigenvalue weighted by Gasteiger charge is 2.44. The van der Waals surface area contributed by atoms with E-state index in [1.54, 1.807) is 19.1 Å². The summed E-state index contributed by atoms with van der Waals surface area (Å²) in [6, 6.07) is 22.9. The average molecular weight is 674 g/mol. The Morgan fingerprint density at radius 3 is 1.98 bits per heavy atom. The summed E-state index contributed by atoms with van der Waals surface area (Å²) in [5.41, 5.74) is 1.43. The van der Waals surface area contributed by atoms with Crippen molar-refractivity contribution in [2.24, 2.45) is 5.92 Å². The van der Waals surface area contributed by atoms with Gasteiger partial charge in [0.1, 0.15) is 29.2 Å². The zero-order valence-electron chi connectivity index (χ0n) is 28.6.